The minimum atomic E-state index is -3.95. The molecule has 1 atom stereocenters. The topological polar surface area (TPSA) is 86.8 Å². The summed E-state index contributed by atoms with van der Waals surface area (Å²) in [5.41, 5.74) is 1.59. The Hall–Kier alpha value is -3.14. The Bertz CT molecular complexity index is 1480. The molecule has 0 aliphatic heterocycles. The van der Waals surface area contributed by atoms with Crippen LogP contribution < -0.4 is 9.62 Å². The van der Waals surface area contributed by atoms with Crippen molar-refractivity contribution in [3.63, 3.8) is 0 Å². The van der Waals surface area contributed by atoms with Gasteiger partial charge in [-0.1, -0.05) is 84.9 Å². The van der Waals surface area contributed by atoms with Crippen molar-refractivity contribution in [3.8, 4) is 0 Å². The molecule has 3 aromatic carbocycles. The second-order valence-corrected chi connectivity index (χ2v) is 13.3. The Morgan fingerprint density at radius 1 is 0.929 bits per heavy atom. The summed E-state index contributed by atoms with van der Waals surface area (Å²) in [6.45, 7) is -0.617. The Labute approximate surface area is 256 Å². The van der Waals surface area contributed by atoms with Gasteiger partial charge in [-0.15, -0.1) is 0 Å². The molecule has 11 heteroatoms. The molecule has 2 amide bonds. The highest BCUT2D eigenvalue weighted by atomic mass is 35.5. The van der Waals surface area contributed by atoms with E-state index < -0.39 is 34.3 Å². The van der Waals surface area contributed by atoms with Crippen LogP contribution in [0.25, 0.3) is 0 Å². The fourth-order valence-electron chi connectivity index (χ4n) is 5.14. The Kier molecular flexibility index (Phi) is 10.9. The van der Waals surface area contributed by atoms with Gasteiger partial charge >= 0.3 is 0 Å². The van der Waals surface area contributed by atoms with E-state index >= 15 is 0 Å². The lowest BCUT2D eigenvalue weighted by Gasteiger charge is -2.35. The summed E-state index contributed by atoms with van der Waals surface area (Å²) in [6.07, 6.45) is 6.05. The first-order valence-electron chi connectivity index (χ1n) is 13.8. The fraction of sp³-hybridized carbons (Fsp3) is 0.355. The van der Waals surface area contributed by atoms with Gasteiger partial charge in [-0.05, 0) is 54.3 Å². The molecule has 0 saturated heterocycles. The van der Waals surface area contributed by atoms with Crippen LogP contribution in [0.3, 0.4) is 0 Å². The number of hydrogen-bond acceptors (Lipinski definition) is 4. The summed E-state index contributed by atoms with van der Waals surface area (Å²) >= 11 is 12.2. The number of hydrogen-bond donors (Lipinski definition) is 1. The van der Waals surface area contributed by atoms with E-state index in [1.807, 2.05) is 30.3 Å². The third-order valence-electron chi connectivity index (χ3n) is 7.36. The summed E-state index contributed by atoms with van der Waals surface area (Å²) in [5.74, 6) is -1.35. The number of nitrogens with one attached hydrogen (secondary N) is 1. The molecule has 1 aliphatic rings. The number of amides is 2. The zero-order valence-corrected chi connectivity index (χ0v) is 25.6. The molecule has 1 N–H and O–H groups in total. The Morgan fingerprint density at radius 3 is 2.21 bits per heavy atom. The maximum Gasteiger partial charge on any atom is 0.244 e. The smallest absolute Gasteiger partial charge is 0.244 e. The molecule has 0 bridgehead atoms. The van der Waals surface area contributed by atoms with E-state index in [1.165, 1.54) is 35.2 Å². The molecule has 3 aromatic rings. The molecule has 1 unspecified atom stereocenters. The lowest BCUT2D eigenvalue weighted by atomic mass is 9.94. The molecule has 1 aliphatic carbocycles. The van der Waals surface area contributed by atoms with Crippen molar-refractivity contribution in [1.29, 1.82) is 0 Å². The quantitative estimate of drug-likeness (QED) is 0.281. The molecule has 42 heavy (non-hydrogen) atoms. The molecule has 1 fully saturated rings. The van der Waals surface area contributed by atoms with Crippen LogP contribution in [0.5, 0.6) is 0 Å². The van der Waals surface area contributed by atoms with E-state index in [9.17, 15) is 22.4 Å². The minimum Gasteiger partial charge on any atom is -0.352 e. The summed E-state index contributed by atoms with van der Waals surface area (Å²) in [6, 6.07) is 18.3. The normalized spacial score (nSPS) is 14.7. The molecule has 0 aromatic heterocycles. The van der Waals surface area contributed by atoms with Crippen molar-refractivity contribution in [1.82, 2.24) is 10.2 Å². The highest BCUT2D eigenvalue weighted by molar-refractivity contribution is 7.92. The van der Waals surface area contributed by atoms with Crippen molar-refractivity contribution in [2.75, 3.05) is 17.1 Å². The van der Waals surface area contributed by atoms with Crippen LogP contribution in [-0.4, -0.2) is 50.0 Å². The second-order valence-electron chi connectivity index (χ2n) is 10.6. The second kappa shape index (κ2) is 14.4. The van der Waals surface area contributed by atoms with E-state index in [1.54, 1.807) is 12.1 Å². The number of halogens is 3. The van der Waals surface area contributed by atoms with Gasteiger partial charge in [-0.2, -0.15) is 0 Å². The van der Waals surface area contributed by atoms with Crippen LogP contribution >= 0.6 is 23.2 Å². The summed E-state index contributed by atoms with van der Waals surface area (Å²) in [4.78, 5) is 29.4. The van der Waals surface area contributed by atoms with Gasteiger partial charge in [-0.25, -0.2) is 12.8 Å². The molecule has 224 valence electrons. The van der Waals surface area contributed by atoms with E-state index in [4.69, 9.17) is 23.2 Å². The van der Waals surface area contributed by atoms with Crippen LogP contribution in [0, 0.1) is 5.82 Å². The predicted molar refractivity (Wildman–Crippen MR) is 165 cm³/mol. The van der Waals surface area contributed by atoms with Crippen LogP contribution in [0.1, 0.15) is 43.2 Å². The number of anilines is 1. The van der Waals surface area contributed by atoms with Gasteiger partial charge < -0.3 is 10.2 Å². The molecular weight excluding hydrogens is 600 g/mol. The van der Waals surface area contributed by atoms with Crippen molar-refractivity contribution in [2.45, 2.75) is 57.2 Å². The molecule has 0 radical (unpaired) electrons. The van der Waals surface area contributed by atoms with Crippen molar-refractivity contribution in [2.24, 2.45) is 0 Å². The standard InChI is InChI=1S/C31H34Cl2FN3O4S/c1-42(40,41)37(26-16-17-27(32)28(33)19-26)21-30(38)36(20-23-12-14-24(34)15-13-23)29(18-22-8-4-2-5-9-22)31(39)35-25-10-6-3-7-11-25/h2,4-5,8-9,12-17,19,25,29H,3,6-7,10-11,18,20-21H2,1H3,(H,35,39). The first-order chi connectivity index (χ1) is 20.0. The van der Waals surface area contributed by atoms with Gasteiger partial charge in [-0.3, -0.25) is 13.9 Å². The highest BCUT2D eigenvalue weighted by Crippen LogP contribution is 2.29. The molecule has 0 spiro atoms. The molecule has 1 saturated carbocycles. The average Bonchev–Trinajstić information content (AvgIpc) is 2.96. The number of carbonyl (C=O) groups excluding carboxylic acids is 2. The van der Waals surface area contributed by atoms with Gasteiger partial charge in [0.25, 0.3) is 0 Å². The van der Waals surface area contributed by atoms with Gasteiger partial charge in [0.05, 0.1) is 22.0 Å². The van der Waals surface area contributed by atoms with Crippen LogP contribution in [0.4, 0.5) is 10.1 Å². The van der Waals surface area contributed by atoms with Gasteiger partial charge in [0, 0.05) is 19.0 Å². The zero-order chi connectivity index (χ0) is 30.3. The number of carbonyl (C=O) groups is 2. The highest BCUT2D eigenvalue weighted by Gasteiger charge is 2.34. The third kappa shape index (κ3) is 8.69. The van der Waals surface area contributed by atoms with Crippen molar-refractivity contribution < 1.29 is 22.4 Å². The lowest BCUT2D eigenvalue weighted by molar-refractivity contribution is -0.140. The van der Waals surface area contributed by atoms with E-state index in [0.29, 0.717) is 5.56 Å². The lowest BCUT2D eigenvalue weighted by Crippen LogP contribution is -2.55. The summed E-state index contributed by atoms with van der Waals surface area (Å²) in [7, 11) is -3.95. The monoisotopic (exact) mass is 633 g/mol. The fourth-order valence-corrected chi connectivity index (χ4v) is 6.27. The maximum absolute atomic E-state index is 14.1. The number of sulfonamides is 1. The molecule has 7 nitrogen and oxygen atoms in total. The summed E-state index contributed by atoms with van der Waals surface area (Å²) < 4.78 is 40.5. The van der Waals surface area contributed by atoms with Crippen molar-refractivity contribution in [3.05, 3.63) is 99.8 Å². The number of benzene rings is 3. The van der Waals surface area contributed by atoms with Gasteiger partial charge in [0.15, 0.2) is 0 Å². The molecule has 0 heterocycles. The SMILES string of the molecule is CS(=O)(=O)N(CC(=O)N(Cc1ccc(F)cc1)C(Cc1ccccc1)C(=O)NC1CCCCC1)c1ccc(Cl)c(Cl)c1. The number of rotatable bonds is 11. The van der Waals surface area contributed by atoms with Gasteiger partial charge in [0.1, 0.15) is 18.4 Å². The van der Waals surface area contributed by atoms with Crippen LogP contribution in [-0.2, 0) is 32.6 Å². The minimum absolute atomic E-state index is 0.00368. The van der Waals surface area contributed by atoms with E-state index in [0.717, 1.165) is 48.2 Å². The van der Waals surface area contributed by atoms with Gasteiger partial charge in [0.2, 0.25) is 21.8 Å². The first-order valence-corrected chi connectivity index (χ1v) is 16.4. The third-order valence-corrected chi connectivity index (χ3v) is 9.24. The van der Waals surface area contributed by atoms with Crippen LogP contribution in [0.15, 0.2) is 72.8 Å². The molecule has 4 rings (SSSR count). The average molecular weight is 635 g/mol. The van der Waals surface area contributed by atoms with Crippen LogP contribution in [0.2, 0.25) is 10.0 Å². The van der Waals surface area contributed by atoms with Crippen molar-refractivity contribution >= 4 is 50.7 Å². The molecular formula is C31H34Cl2FN3O4S. The predicted octanol–water partition coefficient (Wildman–Crippen LogP) is 5.99. The van der Waals surface area contributed by atoms with E-state index in [2.05, 4.69) is 5.32 Å². The zero-order valence-electron chi connectivity index (χ0n) is 23.3. The number of nitrogens with zero attached hydrogens (tertiary/aromatic N) is 2. The summed E-state index contributed by atoms with van der Waals surface area (Å²) in [5, 5.41) is 3.51. The maximum atomic E-state index is 14.1. The Morgan fingerprint density at radius 2 is 1.60 bits per heavy atom. The first kappa shape index (κ1) is 31.8. The largest absolute Gasteiger partial charge is 0.352 e. The van der Waals surface area contributed by atoms with E-state index in [-0.39, 0.29) is 40.6 Å². The Balaban J connectivity index is 1.72.